The number of aliphatic hydroxyl groups is 2. The van der Waals surface area contributed by atoms with Crippen LogP contribution < -0.4 is 27.0 Å². The molecule has 4 atom stereocenters. The number of aliphatic hydroxyl groups excluding tert-OH is 2. The summed E-state index contributed by atoms with van der Waals surface area (Å²) in [6.07, 6.45) is 0.824. The van der Waals surface area contributed by atoms with Crippen LogP contribution in [0.25, 0.3) is 0 Å². The molecule has 0 aliphatic carbocycles. The number of carbonyl (C=O) groups is 5. The molecule has 4 amide bonds. The van der Waals surface area contributed by atoms with E-state index in [1.807, 2.05) is 5.32 Å². The molecule has 0 spiro atoms. The maximum atomic E-state index is 12.4. The average molecular weight is 417 g/mol. The first-order valence-electron chi connectivity index (χ1n) is 9.06. The molecule has 0 saturated carbocycles. The molecule has 0 radical (unpaired) electrons. The molecule has 1 saturated heterocycles. The van der Waals surface area contributed by atoms with Crippen molar-refractivity contribution in [2.75, 3.05) is 19.8 Å². The number of hydrogen-bond donors (Lipinski definition) is 8. The Bertz CT molecular complexity index is 622. The molecule has 13 nitrogen and oxygen atoms in total. The molecule has 1 fully saturated rings. The fourth-order valence-electron chi connectivity index (χ4n) is 2.66. The van der Waals surface area contributed by atoms with Crippen LogP contribution in [-0.2, 0) is 24.0 Å². The van der Waals surface area contributed by atoms with Gasteiger partial charge in [-0.15, -0.1) is 0 Å². The monoisotopic (exact) mass is 417 g/mol. The lowest BCUT2D eigenvalue weighted by molar-refractivity contribution is -0.143. The fraction of sp³-hybridized carbons (Fsp3) is 0.688. The molecule has 0 bridgehead atoms. The molecule has 0 aromatic carbocycles. The quantitative estimate of drug-likeness (QED) is 0.153. The van der Waals surface area contributed by atoms with Gasteiger partial charge in [0.1, 0.15) is 18.1 Å². The second-order valence-corrected chi connectivity index (χ2v) is 6.54. The maximum Gasteiger partial charge on any atom is 0.328 e. The van der Waals surface area contributed by atoms with Gasteiger partial charge in [0.25, 0.3) is 0 Å². The van der Waals surface area contributed by atoms with E-state index < -0.39 is 67.0 Å². The van der Waals surface area contributed by atoms with Gasteiger partial charge in [0, 0.05) is 6.42 Å². The van der Waals surface area contributed by atoms with Crippen LogP contribution in [-0.4, -0.2) is 88.8 Å². The highest BCUT2D eigenvalue weighted by molar-refractivity contribution is 5.94. The second kappa shape index (κ2) is 11.9. The summed E-state index contributed by atoms with van der Waals surface area (Å²) in [5.41, 5.74) is 5.05. The van der Waals surface area contributed by atoms with E-state index in [9.17, 15) is 29.1 Å². The summed E-state index contributed by atoms with van der Waals surface area (Å²) >= 11 is 0. The first kappa shape index (κ1) is 24.3. The molecule has 4 unspecified atom stereocenters. The van der Waals surface area contributed by atoms with Gasteiger partial charge in [0.05, 0.1) is 19.3 Å². The number of primary amides is 1. The van der Waals surface area contributed by atoms with Crippen molar-refractivity contribution in [2.24, 2.45) is 5.73 Å². The van der Waals surface area contributed by atoms with Crippen LogP contribution in [0, 0.1) is 0 Å². The fourth-order valence-corrected chi connectivity index (χ4v) is 2.66. The standard InChI is InChI=1S/C16H27N5O8/c17-12(24)4-3-9(14(26)21-11(7-23)16(28)29)19-15(27)10(6-22)20-13(25)8-2-1-5-18-8/h8-11,18,22-23H,1-7H2,(H2,17,24)(H,19,27)(H,20,25)(H,21,26)(H,28,29). The Morgan fingerprint density at radius 1 is 0.966 bits per heavy atom. The van der Waals surface area contributed by atoms with Crippen LogP contribution in [0.15, 0.2) is 0 Å². The Hall–Kier alpha value is -2.77. The minimum absolute atomic E-state index is 0.249. The van der Waals surface area contributed by atoms with Gasteiger partial charge in [-0.1, -0.05) is 0 Å². The van der Waals surface area contributed by atoms with Crippen molar-refractivity contribution in [1.82, 2.24) is 21.3 Å². The Morgan fingerprint density at radius 2 is 1.55 bits per heavy atom. The Morgan fingerprint density at radius 3 is 2.03 bits per heavy atom. The molecule has 1 heterocycles. The predicted molar refractivity (Wildman–Crippen MR) is 97.1 cm³/mol. The van der Waals surface area contributed by atoms with E-state index in [-0.39, 0.29) is 12.8 Å². The number of hydrogen-bond acceptors (Lipinski definition) is 8. The van der Waals surface area contributed by atoms with Crippen LogP contribution in [0.3, 0.4) is 0 Å². The summed E-state index contributed by atoms with van der Waals surface area (Å²) < 4.78 is 0. The van der Waals surface area contributed by atoms with Gasteiger partial charge in [-0.3, -0.25) is 19.2 Å². The molecular weight excluding hydrogens is 390 g/mol. The van der Waals surface area contributed by atoms with Crippen molar-refractivity contribution >= 4 is 29.6 Å². The molecule has 29 heavy (non-hydrogen) atoms. The number of amides is 4. The zero-order valence-electron chi connectivity index (χ0n) is 15.7. The highest BCUT2D eigenvalue weighted by Crippen LogP contribution is 2.05. The van der Waals surface area contributed by atoms with Crippen LogP contribution >= 0.6 is 0 Å². The number of aliphatic carboxylic acids is 1. The zero-order valence-corrected chi connectivity index (χ0v) is 15.7. The number of rotatable bonds is 12. The number of carboxylic acids is 1. The first-order chi connectivity index (χ1) is 13.7. The first-order valence-corrected chi connectivity index (χ1v) is 9.06. The van der Waals surface area contributed by atoms with Gasteiger partial charge in [-0.05, 0) is 25.8 Å². The number of carboxylic acid groups (broad SMARTS) is 1. The Labute approximate surface area is 166 Å². The van der Waals surface area contributed by atoms with E-state index in [4.69, 9.17) is 15.9 Å². The zero-order chi connectivity index (χ0) is 22.0. The van der Waals surface area contributed by atoms with E-state index in [1.54, 1.807) is 0 Å². The van der Waals surface area contributed by atoms with Crippen LogP contribution in [0.1, 0.15) is 25.7 Å². The molecule has 0 aromatic heterocycles. The third-order valence-electron chi connectivity index (χ3n) is 4.30. The normalized spacial score (nSPS) is 18.9. The van der Waals surface area contributed by atoms with Gasteiger partial charge in [-0.25, -0.2) is 4.79 Å². The van der Waals surface area contributed by atoms with Crippen molar-refractivity contribution in [1.29, 1.82) is 0 Å². The van der Waals surface area contributed by atoms with Crippen molar-refractivity contribution in [3.8, 4) is 0 Å². The largest absolute Gasteiger partial charge is 0.480 e. The van der Waals surface area contributed by atoms with Crippen molar-refractivity contribution in [3.05, 3.63) is 0 Å². The molecule has 1 rings (SSSR count). The van der Waals surface area contributed by atoms with E-state index in [0.717, 1.165) is 6.42 Å². The van der Waals surface area contributed by atoms with E-state index in [0.29, 0.717) is 13.0 Å². The molecule has 0 aromatic rings. The highest BCUT2D eigenvalue weighted by Gasteiger charge is 2.31. The Kier molecular flexibility index (Phi) is 9.99. The third kappa shape index (κ3) is 8.01. The van der Waals surface area contributed by atoms with Gasteiger partial charge >= 0.3 is 5.97 Å². The van der Waals surface area contributed by atoms with Crippen LogP contribution in [0.5, 0.6) is 0 Å². The smallest absolute Gasteiger partial charge is 0.328 e. The van der Waals surface area contributed by atoms with Crippen molar-refractivity contribution in [2.45, 2.75) is 49.9 Å². The topological polar surface area (TPSA) is 220 Å². The summed E-state index contributed by atoms with van der Waals surface area (Å²) in [7, 11) is 0. The van der Waals surface area contributed by atoms with E-state index in [1.165, 1.54) is 0 Å². The molecule has 1 aliphatic rings. The van der Waals surface area contributed by atoms with E-state index in [2.05, 4.69) is 16.0 Å². The summed E-state index contributed by atoms with van der Waals surface area (Å²) in [4.78, 5) is 58.8. The molecular formula is C16H27N5O8. The third-order valence-corrected chi connectivity index (χ3v) is 4.30. The average Bonchev–Trinajstić information content (AvgIpc) is 3.21. The second-order valence-electron chi connectivity index (χ2n) is 6.54. The van der Waals surface area contributed by atoms with Gasteiger partial charge < -0.3 is 42.3 Å². The summed E-state index contributed by atoms with van der Waals surface area (Å²) in [6.45, 7) is -0.983. The van der Waals surface area contributed by atoms with Crippen molar-refractivity contribution in [3.63, 3.8) is 0 Å². The minimum Gasteiger partial charge on any atom is -0.480 e. The van der Waals surface area contributed by atoms with Gasteiger partial charge in [0.15, 0.2) is 0 Å². The summed E-state index contributed by atoms with van der Waals surface area (Å²) in [6, 6.07) is -4.84. The van der Waals surface area contributed by atoms with Crippen LogP contribution in [0.2, 0.25) is 0 Å². The number of nitrogens with two attached hydrogens (primary N) is 1. The lowest BCUT2D eigenvalue weighted by Gasteiger charge is -2.24. The lowest BCUT2D eigenvalue weighted by atomic mass is 10.1. The number of nitrogens with one attached hydrogen (secondary N) is 4. The van der Waals surface area contributed by atoms with Gasteiger partial charge in [0.2, 0.25) is 23.6 Å². The molecule has 164 valence electrons. The summed E-state index contributed by atoms with van der Waals surface area (Å²) in [5, 5.41) is 36.9. The van der Waals surface area contributed by atoms with Gasteiger partial charge in [-0.2, -0.15) is 0 Å². The van der Waals surface area contributed by atoms with E-state index >= 15 is 0 Å². The molecule has 9 N–H and O–H groups in total. The SMILES string of the molecule is NC(=O)CCC(NC(=O)C(CO)NC(=O)C1CCCN1)C(=O)NC(CO)C(=O)O. The lowest BCUT2D eigenvalue weighted by Crippen LogP contribution is -2.58. The summed E-state index contributed by atoms with van der Waals surface area (Å²) in [5.74, 6) is -4.61. The number of carbonyl (C=O) groups excluding carboxylic acids is 4. The van der Waals surface area contributed by atoms with Crippen LogP contribution in [0.4, 0.5) is 0 Å². The molecule has 13 heteroatoms. The Balaban J connectivity index is 2.78. The minimum atomic E-state index is -1.61. The highest BCUT2D eigenvalue weighted by atomic mass is 16.4. The maximum absolute atomic E-state index is 12.4. The predicted octanol–water partition coefficient (Wildman–Crippen LogP) is -4.47. The molecule has 1 aliphatic heterocycles. The van der Waals surface area contributed by atoms with Crippen molar-refractivity contribution < 1.29 is 39.3 Å².